The number of aromatic nitrogens is 1. The van der Waals surface area contributed by atoms with E-state index in [0.29, 0.717) is 17.3 Å². The maximum absolute atomic E-state index is 11.8. The van der Waals surface area contributed by atoms with E-state index in [9.17, 15) is 4.79 Å². The molecule has 0 saturated carbocycles. The Morgan fingerprint density at radius 1 is 1.21 bits per heavy atom. The quantitative estimate of drug-likeness (QED) is 0.812. The summed E-state index contributed by atoms with van der Waals surface area (Å²) in [5.74, 6) is -0.278. The highest BCUT2D eigenvalue weighted by Crippen LogP contribution is 2.21. The Morgan fingerprint density at radius 2 is 1.84 bits per heavy atom. The second-order valence-electron chi connectivity index (χ2n) is 4.00. The second kappa shape index (κ2) is 6.10. The maximum Gasteiger partial charge on any atom is 0.268 e. The number of benzene rings is 1. The lowest BCUT2D eigenvalue weighted by Gasteiger charge is -2.04. The van der Waals surface area contributed by atoms with E-state index in [2.05, 4.69) is 10.3 Å². The van der Waals surface area contributed by atoms with Crippen molar-refractivity contribution in [1.82, 2.24) is 10.3 Å². The van der Waals surface area contributed by atoms with Crippen molar-refractivity contribution in [3.05, 3.63) is 57.3 Å². The van der Waals surface area contributed by atoms with E-state index in [0.717, 1.165) is 11.1 Å². The molecule has 0 aliphatic carbocycles. The van der Waals surface area contributed by atoms with Crippen LogP contribution in [0.5, 0.6) is 0 Å². The highest BCUT2D eigenvalue weighted by atomic mass is 35.5. The summed E-state index contributed by atoms with van der Waals surface area (Å²) < 4.78 is 0. The van der Waals surface area contributed by atoms with E-state index in [4.69, 9.17) is 28.3 Å². The van der Waals surface area contributed by atoms with E-state index < -0.39 is 0 Å². The standard InChI is InChI=1S/C13H12Cl2N2O2/c14-10-5-11(17-12(10)15)13(19)16-6-8-1-3-9(7-18)4-2-8/h1-5,17-18H,6-7H2,(H,16,19). The lowest BCUT2D eigenvalue weighted by molar-refractivity contribution is 0.0946. The predicted molar refractivity (Wildman–Crippen MR) is 74.3 cm³/mol. The van der Waals surface area contributed by atoms with Crippen molar-refractivity contribution >= 4 is 29.1 Å². The molecule has 1 heterocycles. The van der Waals surface area contributed by atoms with Crippen molar-refractivity contribution < 1.29 is 9.90 Å². The third-order valence-electron chi connectivity index (χ3n) is 2.63. The van der Waals surface area contributed by atoms with Gasteiger partial charge in [-0.05, 0) is 17.2 Å². The molecule has 0 fully saturated rings. The van der Waals surface area contributed by atoms with Crippen molar-refractivity contribution in [2.75, 3.05) is 0 Å². The fraction of sp³-hybridized carbons (Fsp3) is 0.154. The first-order chi connectivity index (χ1) is 9.10. The Morgan fingerprint density at radius 3 is 2.37 bits per heavy atom. The maximum atomic E-state index is 11.8. The van der Waals surface area contributed by atoms with Gasteiger partial charge in [0.05, 0.1) is 11.6 Å². The number of aromatic amines is 1. The Labute approximate surface area is 120 Å². The number of carbonyl (C=O) groups excluding carboxylic acids is 1. The molecule has 0 saturated heterocycles. The van der Waals surface area contributed by atoms with Crippen molar-refractivity contribution in [2.45, 2.75) is 13.2 Å². The number of rotatable bonds is 4. The number of H-pyrrole nitrogens is 1. The molecule has 0 radical (unpaired) electrons. The number of halogens is 2. The number of aliphatic hydroxyl groups is 1. The minimum Gasteiger partial charge on any atom is -0.392 e. The van der Waals surface area contributed by atoms with Gasteiger partial charge in [0.25, 0.3) is 5.91 Å². The van der Waals surface area contributed by atoms with Crippen LogP contribution in [-0.2, 0) is 13.2 Å². The zero-order valence-electron chi connectivity index (χ0n) is 9.91. The molecule has 0 unspecified atom stereocenters. The van der Waals surface area contributed by atoms with E-state index in [-0.39, 0.29) is 17.7 Å². The first-order valence-electron chi connectivity index (χ1n) is 5.61. The summed E-state index contributed by atoms with van der Waals surface area (Å²) in [6.07, 6.45) is 0. The normalized spacial score (nSPS) is 10.5. The third kappa shape index (κ3) is 3.50. The Kier molecular flexibility index (Phi) is 4.47. The van der Waals surface area contributed by atoms with Crippen molar-refractivity contribution in [3.8, 4) is 0 Å². The molecule has 0 bridgehead atoms. The van der Waals surface area contributed by atoms with Gasteiger partial charge in [0.1, 0.15) is 10.8 Å². The average Bonchev–Trinajstić information content (AvgIpc) is 2.77. The van der Waals surface area contributed by atoms with Crippen LogP contribution in [0.25, 0.3) is 0 Å². The van der Waals surface area contributed by atoms with Gasteiger partial charge in [0.15, 0.2) is 0 Å². The van der Waals surface area contributed by atoms with Crippen LogP contribution in [0.1, 0.15) is 21.6 Å². The van der Waals surface area contributed by atoms with Gasteiger partial charge in [0, 0.05) is 6.54 Å². The molecule has 0 atom stereocenters. The first-order valence-corrected chi connectivity index (χ1v) is 6.36. The number of nitrogens with one attached hydrogen (secondary N) is 2. The molecule has 3 N–H and O–H groups in total. The highest BCUT2D eigenvalue weighted by Gasteiger charge is 2.11. The van der Waals surface area contributed by atoms with Crippen LogP contribution >= 0.6 is 23.2 Å². The fourth-order valence-electron chi connectivity index (χ4n) is 1.57. The summed E-state index contributed by atoms with van der Waals surface area (Å²) in [4.78, 5) is 14.5. The zero-order valence-corrected chi connectivity index (χ0v) is 11.4. The molecule has 2 rings (SSSR count). The fourth-order valence-corrected chi connectivity index (χ4v) is 1.88. The number of carbonyl (C=O) groups is 1. The summed E-state index contributed by atoms with van der Waals surface area (Å²) in [6, 6.07) is 8.79. The minimum atomic E-state index is -0.278. The van der Waals surface area contributed by atoms with Gasteiger partial charge < -0.3 is 15.4 Å². The average molecular weight is 299 g/mol. The molecular weight excluding hydrogens is 287 g/mol. The molecule has 1 aromatic heterocycles. The molecule has 4 nitrogen and oxygen atoms in total. The Balaban J connectivity index is 1.96. The van der Waals surface area contributed by atoms with Gasteiger partial charge in [-0.25, -0.2) is 0 Å². The van der Waals surface area contributed by atoms with Crippen LogP contribution in [0.2, 0.25) is 10.2 Å². The number of hydrogen-bond donors (Lipinski definition) is 3. The predicted octanol–water partition coefficient (Wildman–Crippen LogP) is 2.74. The molecule has 100 valence electrons. The minimum absolute atomic E-state index is 0.00606. The topological polar surface area (TPSA) is 65.1 Å². The van der Waals surface area contributed by atoms with Crippen molar-refractivity contribution in [1.29, 1.82) is 0 Å². The lowest BCUT2D eigenvalue weighted by atomic mass is 10.1. The van der Waals surface area contributed by atoms with Crippen LogP contribution in [0, 0.1) is 0 Å². The molecule has 0 aliphatic heterocycles. The number of hydrogen-bond acceptors (Lipinski definition) is 2. The van der Waals surface area contributed by atoms with Crippen LogP contribution in [0.4, 0.5) is 0 Å². The van der Waals surface area contributed by atoms with Gasteiger partial charge in [-0.2, -0.15) is 0 Å². The molecule has 1 amide bonds. The van der Waals surface area contributed by atoms with Crippen molar-refractivity contribution in [2.24, 2.45) is 0 Å². The summed E-state index contributed by atoms with van der Waals surface area (Å²) >= 11 is 11.5. The van der Waals surface area contributed by atoms with Crippen molar-refractivity contribution in [3.63, 3.8) is 0 Å². The summed E-state index contributed by atoms with van der Waals surface area (Å²) in [7, 11) is 0. The highest BCUT2D eigenvalue weighted by molar-refractivity contribution is 6.41. The molecule has 0 spiro atoms. The summed E-state index contributed by atoms with van der Waals surface area (Å²) in [5, 5.41) is 12.2. The first kappa shape index (κ1) is 13.9. The summed E-state index contributed by atoms with van der Waals surface area (Å²) in [6.45, 7) is 0.394. The summed E-state index contributed by atoms with van der Waals surface area (Å²) in [5.41, 5.74) is 2.09. The molecular formula is C13H12Cl2N2O2. The van der Waals surface area contributed by atoms with E-state index in [1.54, 1.807) is 0 Å². The molecule has 19 heavy (non-hydrogen) atoms. The Bertz CT molecular complexity index is 559. The second-order valence-corrected chi connectivity index (χ2v) is 4.79. The van der Waals surface area contributed by atoms with Gasteiger partial charge in [-0.15, -0.1) is 0 Å². The van der Waals surface area contributed by atoms with E-state index in [1.165, 1.54) is 6.07 Å². The van der Waals surface area contributed by atoms with Gasteiger partial charge in [-0.3, -0.25) is 4.79 Å². The van der Waals surface area contributed by atoms with Gasteiger partial charge in [-0.1, -0.05) is 47.5 Å². The number of amides is 1. The largest absolute Gasteiger partial charge is 0.392 e. The van der Waals surface area contributed by atoms with Crippen LogP contribution in [0.3, 0.4) is 0 Å². The molecule has 6 heteroatoms. The lowest BCUT2D eigenvalue weighted by Crippen LogP contribution is -2.23. The van der Waals surface area contributed by atoms with E-state index >= 15 is 0 Å². The molecule has 2 aromatic rings. The zero-order chi connectivity index (χ0) is 13.8. The van der Waals surface area contributed by atoms with Gasteiger partial charge in [0.2, 0.25) is 0 Å². The Hall–Kier alpha value is -1.49. The van der Waals surface area contributed by atoms with Crippen LogP contribution in [-0.4, -0.2) is 16.0 Å². The van der Waals surface area contributed by atoms with E-state index in [1.807, 2.05) is 24.3 Å². The third-order valence-corrected chi connectivity index (χ3v) is 3.32. The smallest absolute Gasteiger partial charge is 0.268 e. The van der Waals surface area contributed by atoms with Crippen LogP contribution in [0.15, 0.2) is 30.3 Å². The van der Waals surface area contributed by atoms with Crippen LogP contribution < -0.4 is 5.32 Å². The monoisotopic (exact) mass is 298 g/mol. The number of aliphatic hydroxyl groups excluding tert-OH is 1. The molecule has 1 aromatic carbocycles. The SMILES string of the molecule is O=C(NCc1ccc(CO)cc1)c1cc(Cl)c(Cl)[nH]1. The van der Waals surface area contributed by atoms with Gasteiger partial charge >= 0.3 is 0 Å². The molecule has 0 aliphatic rings.